The molecule has 1 fully saturated rings. The van der Waals surface area contributed by atoms with Crippen molar-refractivity contribution in [1.82, 2.24) is 9.80 Å². The lowest BCUT2D eigenvalue weighted by Crippen LogP contribution is -2.48. The maximum absolute atomic E-state index is 12.4. The van der Waals surface area contributed by atoms with Crippen LogP contribution in [-0.2, 0) is 24.4 Å². The summed E-state index contributed by atoms with van der Waals surface area (Å²) in [7, 11) is 0. The zero-order valence-electron chi connectivity index (χ0n) is 14.3. The van der Waals surface area contributed by atoms with Crippen molar-refractivity contribution in [3.05, 3.63) is 65.2 Å². The minimum atomic E-state index is 0.0568. The fourth-order valence-corrected chi connectivity index (χ4v) is 3.16. The lowest BCUT2D eigenvalue weighted by atomic mass is 10.1. The number of piperazine rings is 1. The largest absolute Gasteiger partial charge is 0.508 e. The van der Waals surface area contributed by atoms with E-state index in [1.165, 1.54) is 0 Å². The summed E-state index contributed by atoms with van der Waals surface area (Å²) in [6, 6.07) is 14.7. The van der Waals surface area contributed by atoms with Gasteiger partial charge in [0.2, 0.25) is 5.91 Å². The van der Waals surface area contributed by atoms with E-state index in [2.05, 4.69) is 4.90 Å². The Balaban J connectivity index is 1.51. The molecule has 0 radical (unpaired) electrons. The smallest absolute Gasteiger partial charge is 0.227 e. The molecule has 2 N–H and O–H groups in total. The Morgan fingerprint density at radius 3 is 2.20 bits per heavy atom. The van der Waals surface area contributed by atoms with E-state index >= 15 is 0 Å². The maximum Gasteiger partial charge on any atom is 0.227 e. The number of carbonyl (C=O) groups excluding carboxylic acids is 1. The number of benzene rings is 2. The Morgan fingerprint density at radius 2 is 1.56 bits per heavy atom. The fraction of sp³-hybridized carbons (Fsp3) is 0.350. The summed E-state index contributed by atoms with van der Waals surface area (Å²) >= 11 is 0. The molecule has 0 spiro atoms. The summed E-state index contributed by atoms with van der Waals surface area (Å²) in [5.41, 5.74) is 3.03. The van der Waals surface area contributed by atoms with Crippen LogP contribution in [-0.4, -0.2) is 52.1 Å². The highest BCUT2D eigenvalue weighted by molar-refractivity contribution is 5.78. The van der Waals surface area contributed by atoms with Gasteiger partial charge >= 0.3 is 0 Å². The van der Waals surface area contributed by atoms with Gasteiger partial charge in [0, 0.05) is 32.7 Å². The summed E-state index contributed by atoms with van der Waals surface area (Å²) in [5, 5.41) is 18.7. The van der Waals surface area contributed by atoms with Crippen molar-refractivity contribution in [2.24, 2.45) is 0 Å². The van der Waals surface area contributed by atoms with Gasteiger partial charge in [-0.15, -0.1) is 0 Å². The molecule has 0 saturated carbocycles. The maximum atomic E-state index is 12.4. The quantitative estimate of drug-likeness (QED) is 0.871. The predicted octanol–water partition coefficient (Wildman–Crippen LogP) is 1.77. The zero-order chi connectivity index (χ0) is 17.6. The number of aromatic hydroxyl groups is 1. The van der Waals surface area contributed by atoms with Gasteiger partial charge in [-0.25, -0.2) is 0 Å². The first kappa shape index (κ1) is 17.5. The van der Waals surface area contributed by atoms with E-state index in [0.29, 0.717) is 6.42 Å². The molecule has 0 unspecified atom stereocenters. The number of aliphatic hydroxyl groups excluding tert-OH is 1. The van der Waals surface area contributed by atoms with Gasteiger partial charge in [0.05, 0.1) is 13.0 Å². The Morgan fingerprint density at radius 1 is 0.920 bits per heavy atom. The first-order chi connectivity index (χ1) is 12.2. The minimum absolute atomic E-state index is 0.0568. The lowest BCUT2D eigenvalue weighted by molar-refractivity contribution is -0.132. The summed E-state index contributed by atoms with van der Waals surface area (Å²) in [4.78, 5) is 16.7. The van der Waals surface area contributed by atoms with Crippen LogP contribution in [0.5, 0.6) is 5.75 Å². The third kappa shape index (κ3) is 4.59. The SMILES string of the molecule is O=C(Cc1ccc(O)cc1)N1CCN(Cc2ccccc2CO)CC1. The van der Waals surface area contributed by atoms with E-state index < -0.39 is 0 Å². The Bertz CT molecular complexity index is 707. The van der Waals surface area contributed by atoms with Crippen LogP contribution in [0.4, 0.5) is 0 Å². The molecule has 132 valence electrons. The van der Waals surface area contributed by atoms with Crippen LogP contribution in [0.25, 0.3) is 0 Å². The van der Waals surface area contributed by atoms with Crippen LogP contribution in [0.1, 0.15) is 16.7 Å². The summed E-state index contributed by atoms with van der Waals surface area (Å²) < 4.78 is 0. The normalized spacial score (nSPS) is 15.3. The third-order valence-corrected chi connectivity index (χ3v) is 4.70. The second-order valence-corrected chi connectivity index (χ2v) is 6.43. The van der Waals surface area contributed by atoms with Crippen LogP contribution in [0, 0.1) is 0 Å². The van der Waals surface area contributed by atoms with Gasteiger partial charge in [-0.05, 0) is 28.8 Å². The lowest BCUT2D eigenvalue weighted by Gasteiger charge is -2.35. The molecule has 3 rings (SSSR count). The van der Waals surface area contributed by atoms with E-state index in [0.717, 1.165) is 49.4 Å². The van der Waals surface area contributed by atoms with Crippen LogP contribution < -0.4 is 0 Å². The number of phenols is 1. The molecular formula is C20H24N2O3. The topological polar surface area (TPSA) is 64.0 Å². The first-order valence-electron chi connectivity index (χ1n) is 8.61. The van der Waals surface area contributed by atoms with Crippen molar-refractivity contribution in [3.63, 3.8) is 0 Å². The summed E-state index contributed by atoms with van der Waals surface area (Å²) in [6.45, 7) is 3.97. The zero-order valence-corrected chi connectivity index (χ0v) is 14.3. The monoisotopic (exact) mass is 340 g/mol. The van der Waals surface area contributed by atoms with Gasteiger partial charge < -0.3 is 15.1 Å². The van der Waals surface area contributed by atoms with E-state index in [4.69, 9.17) is 0 Å². The number of hydrogen-bond donors (Lipinski definition) is 2. The highest BCUT2D eigenvalue weighted by Crippen LogP contribution is 2.15. The standard InChI is InChI=1S/C20H24N2O3/c23-15-18-4-2-1-3-17(18)14-21-9-11-22(12-10-21)20(25)13-16-5-7-19(24)8-6-16/h1-8,23-24H,9-15H2. The highest BCUT2D eigenvalue weighted by atomic mass is 16.3. The summed E-state index contributed by atoms with van der Waals surface area (Å²) in [5.74, 6) is 0.342. The second-order valence-electron chi connectivity index (χ2n) is 6.43. The van der Waals surface area contributed by atoms with Crippen molar-refractivity contribution in [2.75, 3.05) is 26.2 Å². The Kier molecular flexibility index (Phi) is 5.68. The first-order valence-corrected chi connectivity index (χ1v) is 8.61. The molecule has 25 heavy (non-hydrogen) atoms. The van der Waals surface area contributed by atoms with Crippen molar-refractivity contribution in [3.8, 4) is 5.75 Å². The van der Waals surface area contributed by atoms with Gasteiger partial charge in [-0.2, -0.15) is 0 Å². The molecule has 0 bridgehead atoms. The molecule has 1 saturated heterocycles. The van der Waals surface area contributed by atoms with Crippen LogP contribution >= 0.6 is 0 Å². The Hall–Kier alpha value is -2.37. The number of rotatable bonds is 5. The van der Waals surface area contributed by atoms with Crippen molar-refractivity contribution in [1.29, 1.82) is 0 Å². The van der Waals surface area contributed by atoms with E-state index in [-0.39, 0.29) is 18.3 Å². The molecule has 0 aliphatic carbocycles. The number of hydrogen-bond acceptors (Lipinski definition) is 4. The van der Waals surface area contributed by atoms with Gasteiger partial charge in [-0.3, -0.25) is 9.69 Å². The fourth-order valence-electron chi connectivity index (χ4n) is 3.16. The number of nitrogens with zero attached hydrogens (tertiary/aromatic N) is 2. The Labute approximate surface area is 148 Å². The molecule has 2 aromatic carbocycles. The molecule has 1 aliphatic rings. The van der Waals surface area contributed by atoms with Crippen molar-refractivity contribution >= 4 is 5.91 Å². The number of aliphatic hydroxyl groups is 1. The molecule has 5 nitrogen and oxygen atoms in total. The number of amides is 1. The average molecular weight is 340 g/mol. The highest BCUT2D eigenvalue weighted by Gasteiger charge is 2.21. The number of carbonyl (C=O) groups is 1. The van der Waals surface area contributed by atoms with Crippen molar-refractivity contribution < 1.29 is 15.0 Å². The molecule has 0 aromatic heterocycles. The van der Waals surface area contributed by atoms with Crippen molar-refractivity contribution in [2.45, 2.75) is 19.6 Å². The molecule has 1 amide bonds. The molecular weight excluding hydrogens is 316 g/mol. The van der Waals surface area contributed by atoms with Crippen LogP contribution in [0.15, 0.2) is 48.5 Å². The average Bonchev–Trinajstić information content (AvgIpc) is 2.64. The second kappa shape index (κ2) is 8.14. The van der Waals surface area contributed by atoms with E-state index in [1.807, 2.05) is 29.2 Å². The molecule has 0 atom stereocenters. The molecule has 1 heterocycles. The van der Waals surface area contributed by atoms with E-state index in [1.54, 1.807) is 24.3 Å². The molecule has 1 aliphatic heterocycles. The summed E-state index contributed by atoms with van der Waals surface area (Å²) in [6.07, 6.45) is 0.369. The molecule has 5 heteroatoms. The third-order valence-electron chi connectivity index (χ3n) is 4.70. The van der Waals surface area contributed by atoms with Crippen LogP contribution in [0.2, 0.25) is 0 Å². The minimum Gasteiger partial charge on any atom is -0.508 e. The van der Waals surface area contributed by atoms with Gasteiger partial charge in [-0.1, -0.05) is 36.4 Å². The number of phenolic OH excluding ortho intramolecular Hbond substituents is 1. The van der Waals surface area contributed by atoms with Gasteiger partial charge in [0.1, 0.15) is 5.75 Å². The van der Waals surface area contributed by atoms with Crippen LogP contribution in [0.3, 0.4) is 0 Å². The van der Waals surface area contributed by atoms with Gasteiger partial charge in [0.15, 0.2) is 0 Å². The molecule has 2 aromatic rings. The predicted molar refractivity (Wildman–Crippen MR) is 96.0 cm³/mol. The van der Waals surface area contributed by atoms with E-state index in [9.17, 15) is 15.0 Å². The van der Waals surface area contributed by atoms with Gasteiger partial charge in [0.25, 0.3) is 0 Å².